The Bertz CT molecular complexity index is 615. The van der Waals surface area contributed by atoms with Crippen LogP contribution in [0.5, 0.6) is 0 Å². The number of amides is 2. The molecule has 1 saturated carbocycles. The summed E-state index contributed by atoms with van der Waals surface area (Å²) < 4.78 is 13.9. The third-order valence-electron chi connectivity index (χ3n) is 4.54. The molecule has 6 nitrogen and oxygen atoms in total. The number of aliphatic hydroxyl groups excluding tert-OH is 1. The fourth-order valence-electron chi connectivity index (χ4n) is 3.04. The number of aliphatic carboxylic acids is 1. The first-order valence-electron chi connectivity index (χ1n) is 8.21. The van der Waals surface area contributed by atoms with Crippen LogP contribution < -0.4 is 10.6 Å². The van der Waals surface area contributed by atoms with Gasteiger partial charge in [-0.3, -0.25) is 4.79 Å². The van der Waals surface area contributed by atoms with Gasteiger partial charge in [-0.2, -0.15) is 0 Å². The highest BCUT2D eigenvalue weighted by Crippen LogP contribution is 2.28. The minimum absolute atomic E-state index is 0.0565. The van der Waals surface area contributed by atoms with E-state index in [-0.39, 0.29) is 22.5 Å². The lowest BCUT2D eigenvalue weighted by atomic mass is 9.86. The van der Waals surface area contributed by atoms with Crippen molar-refractivity contribution in [1.29, 1.82) is 0 Å². The van der Waals surface area contributed by atoms with Crippen LogP contribution in [-0.4, -0.2) is 34.3 Å². The molecule has 1 aromatic rings. The molecule has 1 aromatic carbocycles. The molecule has 1 aliphatic carbocycles. The Morgan fingerprint density at radius 1 is 1.28 bits per heavy atom. The first-order chi connectivity index (χ1) is 11.8. The molecule has 1 fully saturated rings. The van der Waals surface area contributed by atoms with E-state index in [4.69, 9.17) is 16.7 Å². The molecule has 2 unspecified atom stereocenters. The first-order valence-corrected chi connectivity index (χ1v) is 8.59. The number of urea groups is 1. The number of carbonyl (C=O) groups excluding carboxylic acids is 1. The zero-order valence-electron chi connectivity index (χ0n) is 13.8. The van der Waals surface area contributed by atoms with Crippen molar-refractivity contribution in [3.8, 4) is 0 Å². The lowest BCUT2D eigenvalue weighted by molar-refractivity contribution is -0.142. The fraction of sp³-hybridized carbons (Fsp3) is 0.529. The van der Waals surface area contributed by atoms with E-state index in [1.165, 1.54) is 18.2 Å². The number of hydrogen-bond donors (Lipinski definition) is 4. The van der Waals surface area contributed by atoms with Crippen LogP contribution in [0.4, 0.5) is 9.18 Å². The van der Waals surface area contributed by atoms with E-state index >= 15 is 0 Å². The lowest BCUT2D eigenvalue weighted by Gasteiger charge is -2.28. The van der Waals surface area contributed by atoms with E-state index in [1.54, 1.807) is 6.92 Å². The average molecular weight is 373 g/mol. The van der Waals surface area contributed by atoms with Crippen molar-refractivity contribution in [2.75, 3.05) is 0 Å². The van der Waals surface area contributed by atoms with Crippen LogP contribution >= 0.6 is 11.6 Å². The van der Waals surface area contributed by atoms with Gasteiger partial charge in [-0.05, 0) is 44.7 Å². The highest BCUT2D eigenvalue weighted by atomic mass is 35.5. The van der Waals surface area contributed by atoms with Crippen molar-refractivity contribution < 1.29 is 24.2 Å². The Labute approximate surface area is 150 Å². The van der Waals surface area contributed by atoms with Crippen LogP contribution in [-0.2, 0) is 4.79 Å². The molecule has 0 saturated heterocycles. The van der Waals surface area contributed by atoms with Gasteiger partial charge in [0.15, 0.2) is 0 Å². The zero-order chi connectivity index (χ0) is 18.6. The number of rotatable bonds is 5. The molecule has 4 N–H and O–H groups in total. The molecule has 0 radical (unpaired) electrons. The van der Waals surface area contributed by atoms with Crippen molar-refractivity contribution in [2.24, 2.45) is 5.92 Å². The SMILES string of the molecule is CC(NC(=O)NC1CCC(C(=O)O)CC1)C(O)c1c(F)cccc1Cl. The molecule has 0 aliphatic heterocycles. The van der Waals surface area contributed by atoms with Crippen molar-refractivity contribution in [3.05, 3.63) is 34.6 Å². The molecule has 2 amide bonds. The summed E-state index contributed by atoms with van der Waals surface area (Å²) in [4.78, 5) is 23.0. The van der Waals surface area contributed by atoms with Crippen LogP contribution in [0.2, 0.25) is 5.02 Å². The highest BCUT2D eigenvalue weighted by Gasteiger charge is 2.28. The van der Waals surface area contributed by atoms with E-state index in [0.29, 0.717) is 25.7 Å². The minimum atomic E-state index is -1.29. The van der Waals surface area contributed by atoms with E-state index in [1.807, 2.05) is 0 Å². The number of hydrogen-bond acceptors (Lipinski definition) is 3. The summed E-state index contributed by atoms with van der Waals surface area (Å²) in [5.74, 6) is -1.80. The average Bonchev–Trinajstić information content (AvgIpc) is 2.54. The summed E-state index contributed by atoms with van der Waals surface area (Å²) in [6, 6.07) is 2.74. The number of halogens is 2. The number of carboxylic acid groups (broad SMARTS) is 1. The summed E-state index contributed by atoms with van der Waals surface area (Å²) in [5.41, 5.74) is -0.0565. The molecule has 2 rings (SSSR count). The maximum Gasteiger partial charge on any atom is 0.315 e. The largest absolute Gasteiger partial charge is 0.481 e. The van der Waals surface area contributed by atoms with Crippen LogP contribution in [0.1, 0.15) is 44.3 Å². The van der Waals surface area contributed by atoms with Crippen LogP contribution in [0.25, 0.3) is 0 Å². The quantitative estimate of drug-likeness (QED) is 0.638. The van der Waals surface area contributed by atoms with Crippen LogP contribution in [0.3, 0.4) is 0 Å². The number of carbonyl (C=O) groups is 2. The maximum atomic E-state index is 13.9. The Kier molecular flexibility index (Phi) is 6.61. The first kappa shape index (κ1) is 19.5. The summed E-state index contributed by atoms with van der Waals surface area (Å²) in [7, 11) is 0. The molecule has 1 aliphatic rings. The maximum absolute atomic E-state index is 13.9. The number of benzene rings is 1. The Morgan fingerprint density at radius 3 is 2.48 bits per heavy atom. The van der Waals surface area contributed by atoms with Gasteiger partial charge < -0.3 is 20.8 Å². The van der Waals surface area contributed by atoms with Gasteiger partial charge in [-0.25, -0.2) is 9.18 Å². The minimum Gasteiger partial charge on any atom is -0.481 e. The second kappa shape index (κ2) is 8.49. The van der Waals surface area contributed by atoms with E-state index in [9.17, 15) is 19.1 Å². The number of carboxylic acids is 1. The second-order valence-electron chi connectivity index (χ2n) is 6.37. The summed E-state index contributed by atoms with van der Waals surface area (Å²) >= 11 is 5.92. The summed E-state index contributed by atoms with van der Waals surface area (Å²) in [6.45, 7) is 1.55. The molecule has 2 atom stereocenters. The number of aliphatic hydroxyl groups is 1. The molecule has 0 aromatic heterocycles. The van der Waals surface area contributed by atoms with E-state index in [0.717, 1.165) is 0 Å². The summed E-state index contributed by atoms with van der Waals surface area (Å²) in [5, 5.41) is 24.7. The molecular weight excluding hydrogens is 351 g/mol. The predicted octanol–water partition coefficient (Wildman–Crippen LogP) is 2.84. The summed E-state index contributed by atoms with van der Waals surface area (Å²) in [6.07, 6.45) is 0.912. The van der Waals surface area contributed by atoms with Crippen molar-refractivity contribution in [3.63, 3.8) is 0 Å². The van der Waals surface area contributed by atoms with Crippen LogP contribution in [0, 0.1) is 11.7 Å². The third kappa shape index (κ3) is 5.06. The highest BCUT2D eigenvalue weighted by molar-refractivity contribution is 6.31. The topological polar surface area (TPSA) is 98.7 Å². The van der Waals surface area contributed by atoms with Gasteiger partial charge in [0.1, 0.15) is 11.9 Å². The van der Waals surface area contributed by atoms with Gasteiger partial charge in [-0.15, -0.1) is 0 Å². The molecule has 0 bridgehead atoms. The zero-order valence-corrected chi connectivity index (χ0v) is 14.6. The smallest absolute Gasteiger partial charge is 0.315 e. The fourth-order valence-corrected chi connectivity index (χ4v) is 3.32. The van der Waals surface area contributed by atoms with Crippen LogP contribution in [0.15, 0.2) is 18.2 Å². The second-order valence-corrected chi connectivity index (χ2v) is 6.78. The van der Waals surface area contributed by atoms with Gasteiger partial charge in [0.05, 0.1) is 12.0 Å². The monoisotopic (exact) mass is 372 g/mol. The standard InChI is InChI=1S/C17H22ClFN2O4/c1-9(15(22)14-12(18)3-2-4-13(14)19)20-17(25)21-11-7-5-10(6-8-11)16(23)24/h2-4,9-11,15,22H,5-8H2,1H3,(H,23,24)(H2,20,21,25). The van der Waals surface area contributed by atoms with Crippen molar-refractivity contribution >= 4 is 23.6 Å². The molecule has 0 heterocycles. The Hall–Kier alpha value is -1.86. The molecule has 25 heavy (non-hydrogen) atoms. The normalized spacial score (nSPS) is 22.7. The molecule has 138 valence electrons. The molecular formula is C17H22ClFN2O4. The van der Waals surface area contributed by atoms with Gasteiger partial charge >= 0.3 is 12.0 Å². The van der Waals surface area contributed by atoms with E-state index < -0.39 is 30.0 Å². The Morgan fingerprint density at radius 2 is 1.92 bits per heavy atom. The predicted molar refractivity (Wildman–Crippen MR) is 90.9 cm³/mol. The van der Waals surface area contributed by atoms with E-state index in [2.05, 4.69) is 10.6 Å². The van der Waals surface area contributed by atoms with Crippen molar-refractivity contribution in [2.45, 2.75) is 50.8 Å². The lowest BCUT2D eigenvalue weighted by Crippen LogP contribution is -2.48. The van der Waals surface area contributed by atoms with Gasteiger partial charge in [0.25, 0.3) is 0 Å². The molecule has 0 spiro atoms. The number of nitrogens with one attached hydrogen (secondary N) is 2. The van der Waals surface area contributed by atoms with Crippen molar-refractivity contribution in [1.82, 2.24) is 10.6 Å². The van der Waals surface area contributed by atoms with Gasteiger partial charge in [0, 0.05) is 16.6 Å². The van der Waals surface area contributed by atoms with Gasteiger partial charge in [0.2, 0.25) is 0 Å². The Balaban J connectivity index is 1.87. The molecule has 8 heteroatoms. The van der Waals surface area contributed by atoms with Gasteiger partial charge in [-0.1, -0.05) is 17.7 Å². The third-order valence-corrected chi connectivity index (χ3v) is 4.87.